The number of fused-ring (bicyclic) bond motifs is 1. The molecule has 0 radical (unpaired) electrons. The van der Waals surface area contributed by atoms with Crippen LogP contribution in [0.2, 0.25) is 5.02 Å². The predicted molar refractivity (Wildman–Crippen MR) is 159 cm³/mol. The lowest BCUT2D eigenvalue weighted by Crippen LogP contribution is -2.60. The third kappa shape index (κ3) is 4.25. The summed E-state index contributed by atoms with van der Waals surface area (Å²) < 4.78 is 43.8. The molecule has 5 heterocycles. The highest BCUT2D eigenvalue weighted by Gasteiger charge is 2.52. The van der Waals surface area contributed by atoms with Gasteiger partial charge in [0.15, 0.2) is 5.82 Å². The maximum Gasteiger partial charge on any atom is 0.319 e. The number of aliphatic hydroxyl groups excluding tert-OH is 1. The third-order valence-corrected chi connectivity index (χ3v) is 10.8. The van der Waals surface area contributed by atoms with Gasteiger partial charge in [-0.25, -0.2) is 13.8 Å². The normalized spacial score (nSPS) is 29.9. The van der Waals surface area contributed by atoms with E-state index in [4.69, 9.17) is 36.8 Å². The minimum Gasteiger partial charge on any atom is -0.475 e. The first kappa shape index (κ1) is 27.5. The van der Waals surface area contributed by atoms with Crippen LogP contribution in [-0.2, 0) is 0 Å². The molecule has 43 heavy (non-hydrogen) atoms. The number of benzene rings is 1. The van der Waals surface area contributed by atoms with Gasteiger partial charge < -0.3 is 25.2 Å². The van der Waals surface area contributed by atoms with Crippen molar-refractivity contribution in [1.82, 2.24) is 19.9 Å². The average Bonchev–Trinajstić information content (AvgIpc) is 3.66. The van der Waals surface area contributed by atoms with Crippen molar-refractivity contribution in [3.63, 3.8) is 0 Å². The Morgan fingerprint density at radius 3 is 2.79 bits per heavy atom. The number of nitrogens with zero attached hydrogens (tertiary/aromatic N) is 5. The summed E-state index contributed by atoms with van der Waals surface area (Å²) in [6.07, 6.45) is 4.61. The molecule has 0 amide bonds. The van der Waals surface area contributed by atoms with E-state index in [1.54, 1.807) is 12.1 Å². The monoisotopic (exact) mass is 612 g/mol. The topological polar surface area (TPSA) is 110 Å². The molecule has 3 aliphatic heterocycles. The molecule has 2 saturated carbocycles. The second-order valence-corrected chi connectivity index (χ2v) is 13.7. The highest BCUT2D eigenvalue weighted by molar-refractivity contribution is 6.32. The Morgan fingerprint density at radius 2 is 2.02 bits per heavy atom. The zero-order chi connectivity index (χ0) is 29.7. The van der Waals surface area contributed by atoms with Gasteiger partial charge >= 0.3 is 6.01 Å². The Hall–Kier alpha value is -3.02. The van der Waals surface area contributed by atoms with Gasteiger partial charge in [-0.15, -0.1) is 0 Å². The Labute approximate surface area is 253 Å². The van der Waals surface area contributed by atoms with Gasteiger partial charge in [-0.3, -0.25) is 4.90 Å². The van der Waals surface area contributed by atoms with Crippen molar-refractivity contribution in [2.45, 2.75) is 68.1 Å². The van der Waals surface area contributed by atoms with Crippen molar-refractivity contribution in [2.24, 2.45) is 5.92 Å². The molecule has 8 rings (SSSR count). The van der Waals surface area contributed by atoms with Crippen molar-refractivity contribution in [1.29, 1.82) is 0 Å². The van der Waals surface area contributed by atoms with Crippen molar-refractivity contribution >= 4 is 34.0 Å². The van der Waals surface area contributed by atoms with Crippen LogP contribution in [0.25, 0.3) is 22.2 Å². The van der Waals surface area contributed by atoms with E-state index >= 15 is 4.39 Å². The number of nitrogens with two attached hydrogens (primary N) is 1. The van der Waals surface area contributed by atoms with E-state index in [-0.39, 0.29) is 48.2 Å². The summed E-state index contributed by atoms with van der Waals surface area (Å²) in [7, 11) is 1.91. The number of hydrogen-bond donors (Lipinski definition) is 2. The zero-order valence-corrected chi connectivity index (χ0v) is 24.8. The van der Waals surface area contributed by atoms with Crippen LogP contribution in [0, 0.1) is 11.7 Å². The molecule has 4 fully saturated rings. The van der Waals surface area contributed by atoms with Crippen LogP contribution in [0.1, 0.15) is 56.4 Å². The number of ether oxygens (including phenoxy) is 2. The van der Waals surface area contributed by atoms with E-state index < -0.39 is 23.1 Å². The highest BCUT2D eigenvalue weighted by Crippen LogP contribution is 2.52. The summed E-state index contributed by atoms with van der Waals surface area (Å²) in [6.45, 7) is 1.84. The van der Waals surface area contributed by atoms with Gasteiger partial charge in [-0.05, 0) is 74.6 Å². The number of aromatic nitrogens is 3. The standard InChI is InChI=1S/C31H35ClF2N6O3/c1-39-27-23-26(37-29(38-27)43-14-30-5-2-6-40(30)12-18(33)11-30)24(34)25(20-7-19(35)8-21(32)22(20)17-3-4-17)36-28(23)42-15-31(39)9-16(10-31)13-41/h7-8,16-18,41H,2-6,9-15,35H2,1H3/t16?,18-,30+,31?/m1/s1. The molecule has 2 saturated heterocycles. The molecule has 12 heteroatoms. The molecule has 1 aromatic carbocycles. The molecular formula is C31H35ClF2N6O3. The van der Waals surface area contributed by atoms with Crippen LogP contribution in [0.4, 0.5) is 20.3 Å². The van der Waals surface area contributed by atoms with Crippen LogP contribution in [-0.4, -0.2) is 82.2 Å². The zero-order valence-electron chi connectivity index (χ0n) is 24.1. The first-order valence-electron chi connectivity index (χ1n) is 15.2. The number of alkyl halides is 1. The Bertz CT molecular complexity index is 1630. The SMILES string of the molecule is CN1c2nc(OC[C@@]34CCCN3C[C@H](F)C4)nc3c(F)c(-c4cc(N)cc(Cl)c4C4CC4)nc(c23)OCC12CC(CO)C2. The van der Waals surface area contributed by atoms with E-state index in [0.29, 0.717) is 59.9 Å². The fraction of sp³-hybridized carbons (Fsp3) is 0.581. The first-order valence-corrected chi connectivity index (χ1v) is 15.6. The highest BCUT2D eigenvalue weighted by atomic mass is 35.5. The van der Waals surface area contributed by atoms with Crippen LogP contribution in [0.15, 0.2) is 12.1 Å². The fourth-order valence-electron chi connectivity index (χ4n) is 8.02. The molecule has 5 aliphatic rings. The Kier molecular flexibility index (Phi) is 6.23. The van der Waals surface area contributed by atoms with Gasteiger partial charge in [-0.2, -0.15) is 9.97 Å². The minimum absolute atomic E-state index is 0.0305. The van der Waals surface area contributed by atoms with Gasteiger partial charge in [0.05, 0.1) is 11.1 Å². The summed E-state index contributed by atoms with van der Waals surface area (Å²) in [6, 6.07) is 3.44. The average molecular weight is 613 g/mol. The van der Waals surface area contributed by atoms with E-state index in [9.17, 15) is 9.50 Å². The number of aliphatic hydroxyl groups is 1. The van der Waals surface area contributed by atoms with Gasteiger partial charge in [0.2, 0.25) is 5.88 Å². The molecular weight excluding hydrogens is 578 g/mol. The molecule has 0 bridgehead atoms. The maximum absolute atomic E-state index is 16.8. The second-order valence-electron chi connectivity index (χ2n) is 13.3. The fourth-order valence-corrected chi connectivity index (χ4v) is 8.40. The van der Waals surface area contributed by atoms with Crippen molar-refractivity contribution < 1.29 is 23.4 Å². The number of halogens is 3. The number of pyridine rings is 1. The molecule has 2 aromatic heterocycles. The quantitative estimate of drug-likeness (QED) is 0.377. The maximum atomic E-state index is 16.8. The molecule has 9 nitrogen and oxygen atoms in total. The molecule has 3 N–H and O–H groups in total. The molecule has 228 valence electrons. The van der Waals surface area contributed by atoms with E-state index in [0.717, 1.165) is 37.8 Å². The molecule has 0 unspecified atom stereocenters. The summed E-state index contributed by atoms with van der Waals surface area (Å²) in [5.74, 6) is 0.418. The van der Waals surface area contributed by atoms with Crippen LogP contribution >= 0.6 is 11.6 Å². The largest absolute Gasteiger partial charge is 0.475 e. The van der Waals surface area contributed by atoms with Crippen LogP contribution in [0.3, 0.4) is 0 Å². The van der Waals surface area contributed by atoms with Crippen molar-refractivity contribution in [2.75, 3.05) is 50.6 Å². The van der Waals surface area contributed by atoms with E-state index in [1.807, 2.05) is 11.9 Å². The van der Waals surface area contributed by atoms with E-state index in [2.05, 4.69) is 9.88 Å². The molecule has 1 spiro atoms. The van der Waals surface area contributed by atoms with E-state index in [1.165, 1.54) is 0 Å². The van der Waals surface area contributed by atoms with Gasteiger partial charge in [0, 0.05) is 42.9 Å². The lowest BCUT2D eigenvalue weighted by molar-refractivity contribution is 0.0441. The van der Waals surface area contributed by atoms with Gasteiger partial charge in [0.25, 0.3) is 0 Å². The number of rotatable bonds is 6. The predicted octanol–water partition coefficient (Wildman–Crippen LogP) is 4.87. The number of nitrogen functional groups attached to an aromatic ring is 1. The second kappa shape index (κ2) is 9.74. The molecule has 2 atom stereocenters. The summed E-state index contributed by atoms with van der Waals surface area (Å²) in [4.78, 5) is 18.3. The Morgan fingerprint density at radius 1 is 1.21 bits per heavy atom. The first-order chi connectivity index (χ1) is 20.7. The minimum atomic E-state index is -0.897. The van der Waals surface area contributed by atoms with Crippen LogP contribution in [0.5, 0.6) is 11.9 Å². The smallest absolute Gasteiger partial charge is 0.319 e. The van der Waals surface area contributed by atoms with Crippen molar-refractivity contribution in [3.05, 3.63) is 28.5 Å². The lowest BCUT2D eigenvalue weighted by atomic mass is 9.68. The molecule has 2 aliphatic carbocycles. The summed E-state index contributed by atoms with van der Waals surface area (Å²) in [5.41, 5.74) is 7.22. The number of anilines is 2. The number of likely N-dealkylation sites (N-methyl/N-ethyl adjacent to an activating group) is 1. The number of hydrogen-bond acceptors (Lipinski definition) is 9. The summed E-state index contributed by atoms with van der Waals surface area (Å²) in [5, 5.41) is 10.7. The van der Waals surface area contributed by atoms with Gasteiger partial charge in [-0.1, -0.05) is 11.6 Å². The Balaban J connectivity index is 1.28. The summed E-state index contributed by atoms with van der Waals surface area (Å²) >= 11 is 6.65. The molecule has 3 aromatic rings. The lowest BCUT2D eigenvalue weighted by Gasteiger charge is -2.51. The van der Waals surface area contributed by atoms with Crippen LogP contribution < -0.4 is 20.1 Å². The third-order valence-electron chi connectivity index (χ3n) is 10.4. The van der Waals surface area contributed by atoms with Gasteiger partial charge in [0.1, 0.15) is 41.8 Å². The van der Waals surface area contributed by atoms with Crippen molar-refractivity contribution in [3.8, 4) is 23.1 Å².